The lowest BCUT2D eigenvalue weighted by Gasteiger charge is -2.27. The molecule has 18 heavy (non-hydrogen) atoms. The van der Waals surface area contributed by atoms with Gasteiger partial charge in [0, 0.05) is 18.1 Å². The largest absolute Gasteiger partial charge is 0.379 e. The smallest absolute Gasteiger partial charge is 0.267 e. The van der Waals surface area contributed by atoms with Crippen LogP contribution in [-0.4, -0.2) is 37.2 Å². The van der Waals surface area contributed by atoms with Gasteiger partial charge in [-0.3, -0.25) is 16.1 Å². The van der Waals surface area contributed by atoms with E-state index in [1.807, 2.05) is 5.01 Å². The summed E-state index contributed by atoms with van der Waals surface area (Å²) in [7, 11) is 0. The predicted octanol–water partition coefficient (Wildman–Crippen LogP) is 0.603. The van der Waals surface area contributed by atoms with E-state index in [-0.39, 0.29) is 5.91 Å². The maximum atomic E-state index is 12.1. The van der Waals surface area contributed by atoms with Crippen LogP contribution in [0.5, 0.6) is 0 Å². The Balaban J connectivity index is 2.09. The number of hydrazine groups is 2. The number of amides is 1. The Kier molecular flexibility index (Phi) is 4.38. The summed E-state index contributed by atoms with van der Waals surface area (Å²) < 4.78 is 5.20. The summed E-state index contributed by atoms with van der Waals surface area (Å²) in [4.78, 5) is 12.1. The van der Waals surface area contributed by atoms with Crippen molar-refractivity contribution in [3.05, 3.63) is 28.8 Å². The third kappa shape index (κ3) is 3.11. The molecule has 4 N–H and O–H groups in total. The number of nitrogen functional groups attached to an aromatic ring is 1. The monoisotopic (exact) mass is 270 g/mol. The lowest BCUT2D eigenvalue weighted by Crippen LogP contribution is -2.48. The maximum Gasteiger partial charge on any atom is 0.267 e. The van der Waals surface area contributed by atoms with E-state index in [1.165, 1.54) is 0 Å². The van der Waals surface area contributed by atoms with Gasteiger partial charge in [0.25, 0.3) is 5.91 Å². The molecule has 1 aromatic carbocycles. The zero-order chi connectivity index (χ0) is 13.0. The third-order valence-electron chi connectivity index (χ3n) is 2.65. The quantitative estimate of drug-likeness (QED) is 0.554. The fraction of sp³-hybridized carbons (Fsp3) is 0.364. The van der Waals surface area contributed by atoms with Crippen LogP contribution in [0.4, 0.5) is 5.69 Å². The molecule has 0 atom stereocenters. The fourth-order valence-electron chi connectivity index (χ4n) is 1.71. The molecule has 0 radical (unpaired) electrons. The van der Waals surface area contributed by atoms with E-state index in [9.17, 15) is 4.79 Å². The number of halogens is 1. The van der Waals surface area contributed by atoms with E-state index >= 15 is 0 Å². The molecular weight excluding hydrogens is 256 g/mol. The maximum absolute atomic E-state index is 12.1. The number of benzene rings is 1. The predicted molar refractivity (Wildman–Crippen MR) is 69.1 cm³/mol. The minimum Gasteiger partial charge on any atom is -0.379 e. The molecule has 0 aliphatic carbocycles. The molecule has 1 aromatic rings. The number of hydrogen-bond donors (Lipinski definition) is 3. The van der Waals surface area contributed by atoms with E-state index in [4.69, 9.17) is 22.2 Å². The standard InChI is InChI=1S/C11H15ClN4O2/c12-8-1-2-10(14-13)9(7-8)11(17)15-16-3-5-18-6-4-16/h1-2,7,14H,3-6,13H2,(H,15,17). The van der Waals surface area contributed by atoms with Crippen LogP contribution >= 0.6 is 11.6 Å². The van der Waals surface area contributed by atoms with Gasteiger partial charge in [-0.1, -0.05) is 11.6 Å². The van der Waals surface area contributed by atoms with Crippen LogP contribution in [0, 0.1) is 0 Å². The van der Waals surface area contributed by atoms with Gasteiger partial charge in [-0.05, 0) is 18.2 Å². The van der Waals surface area contributed by atoms with Crippen molar-refractivity contribution in [2.75, 3.05) is 31.7 Å². The summed E-state index contributed by atoms with van der Waals surface area (Å²) in [6.45, 7) is 2.55. The normalized spacial score (nSPS) is 16.3. The number of morpholine rings is 1. The molecule has 2 rings (SSSR count). The van der Waals surface area contributed by atoms with Crippen molar-refractivity contribution in [2.45, 2.75) is 0 Å². The van der Waals surface area contributed by atoms with Crippen LogP contribution < -0.4 is 16.7 Å². The second-order valence-electron chi connectivity index (χ2n) is 3.87. The van der Waals surface area contributed by atoms with Gasteiger partial charge in [-0.2, -0.15) is 0 Å². The summed E-state index contributed by atoms with van der Waals surface area (Å²) in [5.74, 6) is 5.12. The minimum absolute atomic E-state index is 0.243. The topological polar surface area (TPSA) is 79.6 Å². The van der Waals surface area contributed by atoms with Gasteiger partial charge in [0.15, 0.2) is 0 Å². The fourth-order valence-corrected chi connectivity index (χ4v) is 1.88. The number of anilines is 1. The molecule has 1 aliphatic heterocycles. The Morgan fingerprint density at radius 3 is 2.78 bits per heavy atom. The summed E-state index contributed by atoms with van der Waals surface area (Å²) in [6.07, 6.45) is 0. The molecule has 0 saturated carbocycles. The molecule has 0 aromatic heterocycles. The molecule has 1 aliphatic rings. The Hall–Kier alpha value is -1.34. The number of nitrogens with one attached hydrogen (secondary N) is 2. The first-order chi connectivity index (χ1) is 8.70. The molecular formula is C11H15ClN4O2. The van der Waals surface area contributed by atoms with Crippen LogP contribution in [0.1, 0.15) is 10.4 Å². The molecule has 98 valence electrons. The number of hydrogen-bond acceptors (Lipinski definition) is 5. The molecule has 7 heteroatoms. The zero-order valence-corrected chi connectivity index (χ0v) is 10.5. The molecule has 1 fully saturated rings. The highest BCUT2D eigenvalue weighted by molar-refractivity contribution is 6.31. The average Bonchev–Trinajstić information content (AvgIpc) is 2.40. The Bertz CT molecular complexity index is 435. The lowest BCUT2D eigenvalue weighted by molar-refractivity contribution is 0.0126. The molecule has 0 unspecified atom stereocenters. The van der Waals surface area contributed by atoms with Crippen molar-refractivity contribution >= 4 is 23.2 Å². The highest BCUT2D eigenvalue weighted by atomic mass is 35.5. The highest BCUT2D eigenvalue weighted by Gasteiger charge is 2.16. The van der Waals surface area contributed by atoms with E-state index in [1.54, 1.807) is 18.2 Å². The Labute approximate surface area is 110 Å². The number of ether oxygens (including phenoxy) is 1. The van der Waals surface area contributed by atoms with Crippen molar-refractivity contribution < 1.29 is 9.53 Å². The summed E-state index contributed by atoms with van der Waals surface area (Å²) in [5, 5.41) is 2.30. The first-order valence-corrected chi connectivity index (χ1v) is 5.98. The van der Waals surface area contributed by atoms with Gasteiger partial charge in [-0.15, -0.1) is 0 Å². The molecule has 1 heterocycles. The van der Waals surface area contributed by atoms with Gasteiger partial charge >= 0.3 is 0 Å². The lowest BCUT2D eigenvalue weighted by atomic mass is 10.1. The highest BCUT2D eigenvalue weighted by Crippen LogP contribution is 2.19. The SMILES string of the molecule is NNc1ccc(Cl)cc1C(=O)NN1CCOCC1. The second kappa shape index (κ2) is 6.01. The summed E-state index contributed by atoms with van der Waals surface area (Å²) in [6, 6.07) is 4.91. The van der Waals surface area contributed by atoms with Crippen LogP contribution in [0.2, 0.25) is 5.02 Å². The van der Waals surface area contributed by atoms with Gasteiger partial charge in [-0.25, -0.2) is 5.01 Å². The number of nitrogens with two attached hydrogens (primary N) is 1. The van der Waals surface area contributed by atoms with Crippen molar-refractivity contribution in [3.8, 4) is 0 Å². The second-order valence-corrected chi connectivity index (χ2v) is 4.31. The number of nitrogens with zero attached hydrogens (tertiary/aromatic N) is 1. The van der Waals surface area contributed by atoms with Crippen molar-refractivity contribution in [1.82, 2.24) is 10.4 Å². The number of carbonyl (C=O) groups excluding carboxylic acids is 1. The van der Waals surface area contributed by atoms with Gasteiger partial charge in [0.1, 0.15) is 0 Å². The molecule has 1 amide bonds. The molecule has 0 bridgehead atoms. The first-order valence-electron chi connectivity index (χ1n) is 5.60. The average molecular weight is 271 g/mol. The summed E-state index contributed by atoms with van der Waals surface area (Å²) >= 11 is 5.88. The van der Waals surface area contributed by atoms with Crippen molar-refractivity contribution in [3.63, 3.8) is 0 Å². The van der Waals surface area contributed by atoms with Gasteiger partial charge < -0.3 is 10.2 Å². The van der Waals surface area contributed by atoms with Crippen LogP contribution in [0.25, 0.3) is 0 Å². The van der Waals surface area contributed by atoms with Gasteiger partial charge in [0.05, 0.1) is 24.5 Å². The Morgan fingerprint density at radius 1 is 1.39 bits per heavy atom. The summed E-state index contributed by atoms with van der Waals surface area (Å²) in [5.41, 5.74) is 6.22. The van der Waals surface area contributed by atoms with E-state index in [0.29, 0.717) is 42.6 Å². The van der Waals surface area contributed by atoms with E-state index < -0.39 is 0 Å². The third-order valence-corrected chi connectivity index (χ3v) is 2.89. The number of rotatable bonds is 3. The van der Waals surface area contributed by atoms with E-state index in [0.717, 1.165) is 0 Å². The molecule has 6 nitrogen and oxygen atoms in total. The molecule has 1 saturated heterocycles. The van der Waals surface area contributed by atoms with Gasteiger partial charge in [0.2, 0.25) is 0 Å². The molecule has 0 spiro atoms. The van der Waals surface area contributed by atoms with Crippen LogP contribution in [-0.2, 0) is 4.74 Å². The van der Waals surface area contributed by atoms with Crippen molar-refractivity contribution in [2.24, 2.45) is 5.84 Å². The number of carbonyl (C=O) groups is 1. The zero-order valence-electron chi connectivity index (χ0n) is 9.78. The van der Waals surface area contributed by atoms with Crippen LogP contribution in [0.3, 0.4) is 0 Å². The Morgan fingerprint density at radius 2 is 2.11 bits per heavy atom. The van der Waals surface area contributed by atoms with Crippen LogP contribution in [0.15, 0.2) is 18.2 Å². The van der Waals surface area contributed by atoms with Crippen molar-refractivity contribution in [1.29, 1.82) is 0 Å². The first kappa shape index (κ1) is 13.1. The van der Waals surface area contributed by atoms with E-state index in [2.05, 4.69) is 10.9 Å². The minimum atomic E-state index is -0.243.